The van der Waals surface area contributed by atoms with Crippen molar-refractivity contribution >= 4 is 6.29 Å². The van der Waals surface area contributed by atoms with E-state index in [0.29, 0.717) is 0 Å². The van der Waals surface area contributed by atoms with Gasteiger partial charge >= 0.3 is 0 Å². The zero-order valence-electron chi connectivity index (χ0n) is 9.32. The van der Waals surface area contributed by atoms with E-state index >= 15 is 0 Å². The van der Waals surface area contributed by atoms with E-state index in [0.717, 1.165) is 39.0 Å². The molecule has 14 heavy (non-hydrogen) atoms. The normalized spacial score (nSPS) is 23.4. The molecule has 0 radical (unpaired) electrons. The standard InChI is InChI=1S/C10H20N2O2/c1-4-10(9-13,11(2)3)12-5-7-14-8-6-12/h9H,4-8H2,1-3H3. The fourth-order valence-electron chi connectivity index (χ4n) is 2.04. The predicted octanol–water partition coefficient (Wildman–Crippen LogP) is 0.185. The van der Waals surface area contributed by atoms with Crippen LogP contribution in [0.5, 0.6) is 0 Å². The summed E-state index contributed by atoms with van der Waals surface area (Å²) in [4.78, 5) is 15.5. The molecule has 4 nitrogen and oxygen atoms in total. The molecule has 4 heteroatoms. The van der Waals surface area contributed by atoms with E-state index in [2.05, 4.69) is 4.90 Å². The molecule has 0 aromatic rings. The largest absolute Gasteiger partial charge is 0.379 e. The van der Waals surface area contributed by atoms with Crippen LogP contribution in [0.15, 0.2) is 0 Å². The van der Waals surface area contributed by atoms with Gasteiger partial charge in [0.05, 0.1) is 13.2 Å². The summed E-state index contributed by atoms with van der Waals surface area (Å²) in [6, 6.07) is 0. The molecule has 0 spiro atoms. The summed E-state index contributed by atoms with van der Waals surface area (Å²) < 4.78 is 5.29. The summed E-state index contributed by atoms with van der Waals surface area (Å²) >= 11 is 0. The van der Waals surface area contributed by atoms with Crippen molar-refractivity contribution in [1.82, 2.24) is 9.80 Å². The molecule has 1 unspecified atom stereocenters. The van der Waals surface area contributed by atoms with Crippen molar-refractivity contribution in [3.05, 3.63) is 0 Å². The van der Waals surface area contributed by atoms with Crippen LogP contribution in [0.25, 0.3) is 0 Å². The van der Waals surface area contributed by atoms with Gasteiger partial charge in [-0.2, -0.15) is 0 Å². The molecule has 0 aromatic heterocycles. The fourth-order valence-corrected chi connectivity index (χ4v) is 2.04. The number of ether oxygens (including phenoxy) is 1. The third kappa shape index (κ3) is 1.97. The summed E-state index contributed by atoms with van der Waals surface area (Å²) in [5, 5.41) is 0. The Morgan fingerprint density at radius 3 is 2.36 bits per heavy atom. The Bertz CT molecular complexity index is 191. The van der Waals surface area contributed by atoms with Gasteiger partial charge in [-0.3, -0.25) is 14.6 Å². The van der Waals surface area contributed by atoms with Crippen molar-refractivity contribution in [1.29, 1.82) is 0 Å². The maximum atomic E-state index is 11.3. The number of rotatable bonds is 4. The molecule has 82 valence electrons. The molecule has 0 aliphatic carbocycles. The van der Waals surface area contributed by atoms with Crippen molar-refractivity contribution in [3.63, 3.8) is 0 Å². The molecule has 1 fully saturated rings. The van der Waals surface area contributed by atoms with Crippen LogP contribution in [0, 0.1) is 0 Å². The van der Waals surface area contributed by atoms with Gasteiger partial charge in [-0.15, -0.1) is 0 Å². The lowest BCUT2D eigenvalue weighted by molar-refractivity contribution is -0.137. The highest BCUT2D eigenvalue weighted by molar-refractivity contribution is 5.63. The van der Waals surface area contributed by atoms with Crippen LogP contribution in [0.1, 0.15) is 13.3 Å². The van der Waals surface area contributed by atoms with Crippen molar-refractivity contribution in [2.45, 2.75) is 19.0 Å². The zero-order valence-corrected chi connectivity index (χ0v) is 9.32. The van der Waals surface area contributed by atoms with Crippen molar-refractivity contribution in [2.24, 2.45) is 0 Å². The van der Waals surface area contributed by atoms with E-state index in [-0.39, 0.29) is 0 Å². The number of carbonyl (C=O) groups is 1. The maximum Gasteiger partial charge on any atom is 0.155 e. The summed E-state index contributed by atoms with van der Waals surface area (Å²) in [6.07, 6.45) is 1.86. The van der Waals surface area contributed by atoms with E-state index < -0.39 is 5.66 Å². The summed E-state index contributed by atoms with van der Waals surface area (Å²) in [6.45, 7) is 5.17. The van der Waals surface area contributed by atoms with Crippen molar-refractivity contribution in [2.75, 3.05) is 40.4 Å². The molecule has 1 saturated heterocycles. The first kappa shape index (κ1) is 11.6. The molecule has 0 saturated carbocycles. The number of nitrogens with zero attached hydrogens (tertiary/aromatic N) is 2. The summed E-state index contributed by atoms with van der Waals surface area (Å²) in [7, 11) is 3.90. The van der Waals surface area contributed by atoms with E-state index in [1.165, 1.54) is 0 Å². The third-order valence-electron chi connectivity index (χ3n) is 3.04. The van der Waals surface area contributed by atoms with E-state index in [9.17, 15) is 4.79 Å². The van der Waals surface area contributed by atoms with E-state index in [1.54, 1.807) is 0 Å². The molecule has 0 bridgehead atoms. The Hall–Kier alpha value is -0.450. The Morgan fingerprint density at radius 1 is 1.43 bits per heavy atom. The van der Waals surface area contributed by atoms with E-state index in [4.69, 9.17) is 4.74 Å². The lowest BCUT2D eigenvalue weighted by Gasteiger charge is -2.45. The summed E-state index contributed by atoms with van der Waals surface area (Å²) in [5.41, 5.74) is -0.441. The Balaban J connectivity index is 2.78. The van der Waals surface area contributed by atoms with Crippen molar-refractivity contribution in [3.8, 4) is 0 Å². The zero-order chi connectivity index (χ0) is 10.6. The van der Waals surface area contributed by atoms with Crippen LogP contribution >= 0.6 is 0 Å². The van der Waals surface area contributed by atoms with Gasteiger partial charge in [-0.05, 0) is 20.5 Å². The fraction of sp³-hybridized carbons (Fsp3) is 0.900. The molecule has 1 heterocycles. The highest BCUT2D eigenvalue weighted by atomic mass is 16.5. The van der Waals surface area contributed by atoms with Crippen LogP contribution in [-0.4, -0.2) is 62.1 Å². The highest BCUT2D eigenvalue weighted by Crippen LogP contribution is 2.21. The number of morpholine rings is 1. The van der Waals surface area contributed by atoms with Crippen LogP contribution in [0.2, 0.25) is 0 Å². The van der Waals surface area contributed by atoms with Gasteiger partial charge in [0.1, 0.15) is 5.66 Å². The van der Waals surface area contributed by atoms with Crippen LogP contribution in [-0.2, 0) is 9.53 Å². The average Bonchev–Trinajstić information content (AvgIpc) is 2.22. The van der Waals surface area contributed by atoms with Gasteiger partial charge in [0.25, 0.3) is 0 Å². The number of aldehydes is 1. The third-order valence-corrected chi connectivity index (χ3v) is 3.04. The number of hydrogen-bond donors (Lipinski definition) is 0. The quantitative estimate of drug-likeness (QED) is 0.606. The average molecular weight is 200 g/mol. The first-order chi connectivity index (χ1) is 6.67. The van der Waals surface area contributed by atoms with Crippen molar-refractivity contribution < 1.29 is 9.53 Å². The molecule has 1 rings (SSSR count). The molecule has 1 aliphatic rings. The molecule has 0 amide bonds. The maximum absolute atomic E-state index is 11.3. The highest BCUT2D eigenvalue weighted by Gasteiger charge is 2.37. The second-order valence-corrected chi connectivity index (χ2v) is 3.84. The minimum absolute atomic E-state index is 0.441. The SMILES string of the molecule is CCC(C=O)(N(C)C)N1CCOCC1. The monoisotopic (exact) mass is 200 g/mol. The van der Waals surface area contributed by atoms with Gasteiger partial charge < -0.3 is 4.74 Å². The van der Waals surface area contributed by atoms with Crippen LogP contribution in [0.4, 0.5) is 0 Å². The topological polar surface area (TPSA) is 32.8 Å². The molecular formula is C10H20N2O2. The molecule has 0 N–H and O–H groups in total. The first-order valence-corrected chi connectivity index (χ1v) is 5.14. The van der Waals surface area contributed by atoms with Crippen LogP contribution in [0.3, 0.4) is 0 Å². The Labute approximate surface area is 85.8 Å². The predicted molar refractivity (Wildman–Crippen MR) is 55.2 cm³/mol. The minimum atomic E-state index is -0.441. The van der Waals surface area contributed by atoms with Crippen LogP contribution < -0.4 is 0 Å². The lowest BCUT2D eigenvalue weighted by Crippen LogP contribution is -2.61. The number of carbonyl (C=O) groups excluding carboxylic acids is 1. The Morgan fingerprint density at radius 2 is 2.00 bits per heavy atom. The van der Waals surface area contributed by atoms with Gasteiger partial charge in [-0.1, -0.05) is 6.92 Å². The molecule has 1 atom stereocenters. The first-order valence-electron chi connectivity index (χ1n) is 5.14. The second-order valence-electron chi connectivity index (χ2n) is 3.84. The summed E-state index contributed by atoms with van der Waals surface area (Å²) in [5.74, 6) is 0. The number of likely N-dealkylation sites (N-methyl/N-ethyl adjacent to an activating group) is 1. The minimum Gasteiger partial charge on any atom is -0.379 e. The second kappa shape index (κ2) is 4.87. The lowest BCUT2D eigenvalue weighted by atomic mass is 10.0. The van der Waals surface area contributed by atoms with E-state index in [1.807, 2.05) is 25.9 Å². The molecule has 0 aromatic carbocycles. The molecule has 1 aliphatic heterocycles. The van der Waals surface area contributed by atoms with Gasteiger partial charge in [0.2, 0.25) is 0 Å². The van der Waals surface area contributed by atoms with Gasteiger partial charge in [0, 0.05) is 13.1 Å². The Kier molecular flexibility index (Phi) is 4.04. The number of hydrogen-bond acceptors (Lipinski definition) is 4. The van der Waals surface area contributed by atoms with Gasteiger partial charge in [0.15, 0.2) is 6.29 Å². The smallest absolute Gasteiger partial charge is 0.155 e. The van der Waals surface area contributed by atoms with Gasteiger partial charge in [-0.25, -0.2) is 0 Å². The molecular weight excluding hydrogens is 180 g/mol.